The zero-order valence-corrected chi connectivity index (χ0v) is 10.7. The fraction of sp³-hybridized carbons (Fsp3) is 0.385. The zero-order chi connectivity index (χ0) is 12.1. The van der Waals surface area contributed by atoms with E-state index in [9.17, 15) is 4.79 Å². The van der Waals surface area contributed by atoms with E-state index >= 15 is 0 Å². The van der Waals surface area contributed by atoms with Crippen LogP contribution in [0.25, 0.3) is 0 Å². The van der Waals surface area contributed by atoms with Crippen LogP contribution in [0.1, 0.15) is 29.6 Å². The normalized spacial score (nSPS) is 19.0. The van der Waals surface area contributed by atoms with Gasteiger partial charge in [-0.25, -0.2) is 4.98 Å². The van der Waals surface area contributed by atoms with Crippen molar-refractivity contribution in [1.29, 1.82) is 0 Å². The van der Waals surface area contributed by atoms with Crippen LogP contribution < -0.4 is 5.32 Å². The first-order valence-electron chi connectivity index (χ1n) is 5.78. The number of nitrogens with zero attached hydrogens (tertiary/aromatic N) is 1. The van der Waals surface area contributed by atoms with Gasteiger partial charge in [0, 0.05) is 12.2 Å². The second-order valence-electron chi connectivity index (χ2n) is 4.00. The molecule has 0 radical (unpaired) electrons. The first-order chi connectivity index (χ1) is 8.31. The number of nitrogens with one attached hydrogen (secondary N) is 1. The lowest BCUT2D eigenvalue weighted by Crippen LogP contribution is -2.34. The second-order valence-corrected chi connectivity index (χ2v) is 4.79. The Morgan fingerprint density at radius 2 is 2.47 bits per heavy atom. The minimum absolute atomic E-state index is 0.0287. The molecule has 0 bridgehead atoms. The Labute approximate surface area is 106 Å². The highest BCUT2D eigenvalue weighted by atomic mass is 32.2. The Bertz CT molecular complexity index is 431. The maximum absolute atomic E-state index is 12.1. The summed E-state index contributed by atoms with van der Waals surface area (Å²) in [5, 5.41) is 3.81. The Morgan fingerprint density at radius 1 is 1.59 bits per heavy atom. The number of thioether (sulfide) groups is 1. The molecule has 0 fully saturated rings. The number of amides is 1. The maximum atomic E-state index is 12.1. The first kappa shape index (κ1) is 12.2. The van der Waals surface area contributed by atoms with E-state index in [1.165, 1.54) is 11.8 Å². The molecular formula is C13H16N2OS. The van der Waals surface area contributed by atoms with Crippen molar-refractivity contribution < 1.29 is 4.79 Å². The van der Waals surface area contributed by atoms with Gasteiger partial charge in [0.05, 0.1) is 5.56 Å². The molecule has 2 rings (SSSR count). The van der Waals surface area contributed by atoms with Crippen LogP contribution >= 0.6 is 11.8 Å². The van der Waals surface area contributed by atoms with E-state index in [4.69, 9.17) is 0 Å². The predicted octanol–water partition coefficient (Wildman–Crippen LogP) is 2.64. The Hall–Kier alpha value is -1.29. The highest BCUT2D eigenvalue weighted by Gasteiger charge is 2.15. The number of hydrogen-bond donors (Lipinski definition) is 1. The molecule has 1 amide bonds. The zero-order valence-electron chi connectivity index (χ0n) is 9.85. The molecule has 90 valence electrons. The molecule has 1 aromatic heterocycles. The third-order valence-corrected chi connectivity index (χ3v) is 3.49. The maximum Gasteiger partial charge on any atom is 0.254 e. The van der Waals surface area contributed by atoms with Crippen molar-refractivity contribution in [3.8, 4) is 0 Å². The van der Waals surface area contributed by atoms with E-state index < -0.39 is 0 Å². The molecule has 0 saturated carbocycles. The number of allylic oxidation sites excluding steroid dienone is 1. The van der Waals surface area contributed by atoms with Gasteiger partial charge in [0.2, 0.25) is 0 Å². The van der Waals surface area contributed by atoms with Gasteiger partial charge in [0.25, 0.3) is 5.91 Å². The van der Waals surface area contributed by atoms with Gasteiger partial charge in [-0.3, -0.25) is 4.79 Å². The molecule has 17 heavy (non-hydrogen) atoms. The van der Waals surface area contributed by atoms with E-state index in [0.29, 0.717) is 5.56 Å². The van der Waals surface area contributed by atoms with Crippen LogP contribution in [-0.2, 0) is 0 Å². The smallest absolute Gasteiger partial charge is 0.254 e. The lowest BCUT2D eigenvalue weighted by atomic mass is 10.0. The summed E-state index contributed by atoms with van der Waals surface area (Å²) in [6, 6.07) is 3.79. The van der Waals surface area contributed by atoms with Crippen LogP contribution in [-0.4, -0.2) is 23.2 Å². The summed E-state index contributed by atoms with van der Waals surface area (Å²) < 4.78 is 0. The third-order valence-electron chi connectivity index (χ3n) is 2.78. The van der Waals surface area contributed by atoms with E-state index in [-0.39, 0.29) is 11.9 Å². The van der Waals surface area contributed by atoms with Gasteiger partial charge in [0.15, 0.2) is 0 Å². The molecule has 0 aromatic carbocycles. The minimum Gasteiger partial charge on any atom is -0.346 e. The van der Waals surface area contributed by atoms with Crippen LogP contribution in [0.4, 0.5) is 0 Å². The lowest BCUT2D eigenvalue weighted by molar-refractivity contribution is 0.0938. The Balaban J connectivity index is 2.08. The van der Waals surface area contributed by atoms with Crippen molar-refractivity contribution in [2.75, 3.05) is 6.26 Å². The van der Waals surface area contributed by atoms with Crippen LogP contribution in [0.5, 0.6) is 0 Å². The molecule has 3 nitrogen and oxygen atoms in total. The number of rotatable bonds is 3. The third kappa shape index (κ3) is 3.09. The number of carbonyl (C=O) groups is 1. The first-order valence-corrected chi connectivity index (χ1v) is 7.00. The van der Waals surface area contributed by atoms with Crippen molar-refractivity contribution in [2.45, 2.75) is 30.3 Å². The van der Waals surface area contributed by atoms with Crippen LogP contribution in [0.3, 0.4) is 0 Å². The Morgan fingerprint density at radius 3 is 3.18 bits per heavy atom. The molecule has 1 unspecified atom stereocenters. The summed E-state index contributed by atoms with van der Waals surface area (Å²) in [4.78, 5) is 16.3. The minimum atomic E-state index is -0.0287. The molecule has 1 N–H and O–H groups in total. The van der Waals surface area contributed by atoms with Crippen LogP contribution in [0.15, 0.2) is 35.5 Å². The molecule has 1 atom stereocenters. The van der Waals surface area contributed by atoms with E-state index in [1.54, 1.807) is 12.3 Å². The lowest BCUT2D eigenvalue weighted by Gasteiger charge is -2.18. The molecule has 0 spiro atoms. The molecule has 1 aliphatic carbocycles. The van der Waals surface area contributed by atoms with Crippen molar-refractivity contribution in [2.24, 2.45) is 0 Å². The number of aromatic nitrogens is 1. The van der Waals surface area contributed by atoms with Gasteiger partial charge in [-0.15, -0.1) is 11.8 Å². The van der Waals surface area contributed by atoms with Gasteiger partial charge in [-0.1, -0.05) is 12.2 Å². The summed E-state index contributed by atoms with van der Waals surface area (Å²) in [5.41, 5.74) is 0.666. The van der Waals surface area contributed by atoms with Crippen molar-refractivity contribution in [1.82, 2.24) is 10.3 Å². The summed E-state index contributed by atoms with van der Waals surface area (Å²) in [7, 11) is 0. The average molecular weight is 248 g/mol. The SMILES string of the molecule is CSc1ncccc1C(=O)NC1C=CCCC1. The van der Waals surface area contributed by atoms with Crippen LogP contribution in [0, 0.1) is 0 Å². The molecular weight excluding hydrogens is 232 g/mol. The molecule has 1 aromatic rings. The Kier molecular flexibility index (Phi) is 4.20. The van der Waals surface area contributed by atoms with E-state index in [1.807, 2.05) is 12.3 Å². The van der Waals surface area contributed by atoms with Gasteiger partial charge in [0.1, 0.15) is 5.03 Å². The van der Waals surface area contributed by atoms with E-state index in [0.717, 1.165) is 24.3 Å². The quantitative estimate of drug-likeness (QED) is 0.660. The monoisotopic (exact) mass is 248 g/mol. The number of hydrogen-bond acceptors (Lipinski definition) is 3. The molecule has 0 saturated heterocycles. The molecule has 1 heterocycles. The second kappa shape index (κ2) is 5.87. The fourth-order valence-electron chi connectivity index (χ4n) is 1.91. The molecule has 4 heteroatoms. The predicted molar refractivity (Wildman–Crippen MR) is 70.3 cm³/mol. The standard InChI is InChI=1S/C13H16N2OS/c1-17-13-11(8-5-9-14-13)12(16)15-10-6-3-2-4-7-10/h3,5-6,8-10H,2,4,7H2,1H3,(H,15,16). The largest absolute Gasteiger partial charge is 0.346 e. The van der Waals surface area contributed by atoms with Gasteiger partial charge in [-0.2, -0.15) is 0 Å². The highest BCUT2D eigenvalue weighted by molar-refractivity contribution is 7.98. The van der Waals surface area contributed by atoms with Crippen molar-refractivity contribution >= 4 is 17.7 Å². The summed E-state index contributed by atoms with van der Waals surface area (Å²) >= 11 is 1.50. The number of carbonyl (C=O) groups excluding carboxylic acids is 1. The number of pyridine rings is 1. The average Bonchev–Trinajstić information content (AvgIpc) is 2.40. The topological polar surface area (TPSA) is 42.0 Å². The van der Waals surface area contributed by atoms with Crippen molar-refractivity contribution in [3.05, 3.63) is 36.0 Å². The van der Waals surface area contributed by atoms with Crippen molar-refractivity contribution in [3.63, 3.8) is 0 Å². The van der Waals surface area contributed by atoms with Gasteiger partial charge < -0.3 is 5.32 Å². The van der Waals surface area contributed by atoms with Gasteiger partial charge in [-0.05, 0) is 37.7 Å². The van der Waals surface area contributed by atoms with Crippen LogP contribution in [0.2, 0.25) is 0 Å². The highest BCUT2D eigenvalue weighted by Crippen LogP contribution is 2.17. The van der Waals surface area contributed by atoms with E-state index in [2.05, 4.69) is 22.5 Å². The summed E-state index contributed by atoms with van der Waals surface area (Å²) in [5.74, 6) is -0.0287. The molecule has 1 aliphatic rings. The summed E-state index contributed by atoms with van der Waals surface area (Å²) in [6.45, 7) is 0. The summed E-state index contributed by atoms with van der Waals surface area (Å²) in [6.07, 6.45) is 11.1. The molecule has 0 aliphatic heterocycles. The van der Waals surface area contributed by atoms with Gasteiger partial charge >= 0.3 is 0 Å². The fourth-order valence-corrected chi connectivity index (χ4v) is 2.45.